The van der Waals surface area contributed by atoms with Crippen LogP contribution in [0, 0.1) is 0 Å². The summed E-state index contributed by atoms with van der Waals surface area (Å²) in [6.07, 6.45) is 2.87. The van der Waals surface area contributed by atoms with E-state index in [2.05, 4.69) is 20.6 Å². The summed E-state index contributed by atoms with van der Waals surface area (Å²) in [6.45, 7) is 0.545. The molecule has 0 aliphatic carbocycles. The van der Waals surface area contributed by atoms with Gasteiger partial charge in [0.05, 0.1) is 18.4 Å². The molecule has 3 N–H and O–H groups in total. The minimum atomic E-state index is -0.359. The van der Waals surface area contributed by atoms with Gasteiger partial charge in [-0.3, -0.25) is 19.7 Å². The zero-order valence-electron chi connectivity index (χ0n) is 16.4. The molecule has 8 nitrogen and oxygen atoms in total. The number of anilines is 1. The summed E-state index contributed by atoms with van der Waals surface area (Å²) >= 11 is 1.29. The van der Waals surface area contributed by atoms with Crippen molar-refractivity contribution in [2.45, 2.75) is 19.3 Å². The van der Waals surface area contributed by atoms with Crippen LogP contribution in [0.1, 0.15) is 28.0 Å². The number of aromatic nitrogens is 2. The van der Waals surface area contributed by atoms with Gasteiger partial charge in [-0.15, -0.1) is 11.3 Å². The van der Waals surface area contributed by atoms with E-state index in [-0.39, 0.29) is 17.4 Å². The molecule has 0 fully saturated rings. The smallest absolute Gasteiger partial charge is 0.258 e. The van der Waals surface area contributed by atoms with Crippen molar-refractivity contribution in [3.63, 3.8) is 0 Å². The lowest BCUT2D eigenvalue weighted by Gasteiger charge is -2.06. The van der Waals surface area contributed by atoms with E-state index < -0.39 is 0 Å². The van der Waals surface area contributed by atoms with E-state index in [1.165, 1.54) is 29.7 Å². The molecule has 0 spiro atoms. The number of carbonyl (C=O) groups is 2. The van der Waals surface area contributed by atoms with Crippen LogP contribution in [0.4, 0.5) is 5.13 Å². The van der Waals surface area contributed by atoms with E-state index in [4.69, 9.17) is 4.74 Å². The van der Waals surface area contributed by atoms with Crippen molar-refractivity contribution in [2.75, 3.05) is 19.0 Å². The highest BCUT2D eigenvalue weighted by molar-refractivity contribution is 7.14. The molecular formula is C21H22N4O4S. The summed E-state index contributed by atoms with van der Waals surface area (Å²) in [5, 5.41) is 7.84. The first kappa shape index (κ1) is 21.3. The number of nitrogens with zero attached hydrogens (tertiary/aromatic N) is 1. The highest BCUT2D eigenvalue weighted by atomic mass is 32.1. The third-order valence-corrected chi connectivity index (χ3v) is 5.10. The quantitative estimate of drug-likeness (QED) is 0.486. The number of hydrogen-bond acceptors (Lipinski definition) is 6. The van der Waals surface area contributed by atoms with E-state index in [1.54, 1.807) is 7.11 Å². The summed E-state index contributed by atoms with van der Waals surface area (Å²) in [7, 11) is 1.62. The van der Waals surface area contributed by atoms with Gasteiger partial charge in [0.1, 0.15) is 5.75 Å². The summed E-state index contributed by atoms with van der Waals surface area (Å²) in [5.74, 6) is 0.387. The van der Waals surface area contributed by atoms with Crippen molar-refractivity contribution in [2.24, 2.45) is 0 Å². The van der Waals surface area contributed by atoms with Crippen molar-refractivity contribution in [1.82, 2.24) is 15.3 Å². The lowest BCUT2D eigenvalue weighted by molar-refractivity contribution is -0.121. The molecule has 0 radical (unpaired) electrons. The summed E-state index contributed by atoms with van der Waals surface area (Å²) in [6, 6.07) is 10.5. The molecule has 156 valence electrons. The van der Waals surface area contributed by atoms with E-state index in [0.29, 0.717) is 30.1 Å². The summed E-state index contributed by atoms with van der Waals surface area (Å²) in [5.41, 5.74) is 1.89. The Hall–Kier alpha value is -3.46. The van der Waals surface area contributed by atoms with Crippen LogP contribution in [-0.4, -0.2) is 35.4 Å². The Balaban J connectivity index is 1.41. The van der Waals surface area contributed by atoms with Crippen molar-refractivity contribution < 1.29 is 14.3 Å². The number of benzene rings is 1. The van der Waals surface area contributed by atoms with Crippen molar-refractivity contribution in [1.29, 1.82) is 0 Å². The number of aromatic amines is 1. The SMILES string of the molecule is COc1cccc(CCNC(=O)CCc2csc(NC(=O)c3ccc(=O)[nH]c3)n2)c1. The number of methoxy groups -OCH3 is 1. The molecule has 2 amide bonds. The Bertz CT molecular complexity index is 1060. The third-order valence-electron chi connectivity index (χ3n) is 4.30. The molecule has 3 rings (SSSR count). The zero-order valence-corrected chi connectivity index (χ0v) is 17.3. The topological polar surface area (TPSA) is 113 Å². The number of rotatable bonds is 9. The van der Waals surface area contributed by atoms with Crippen LogP contribution in [0.25, 0.3) is 0 Å². The van der Waals surface area contributed by atoms with E-state index >= 15 is 0 Å². The van der Waals surface area contributed by atoms with Crippen molar-refractivity contribution in [3.05, 3.63) is 75.1 Å². The van der Waals surface area contributed by atoms with Crippen LogP contribution in [0.5, 0.6) is 5.75 Å². The van der Waals surface area contributed by atoms with E-state index in [1.807, 2.05) is 29.6 Å². The molecule has 1 aromatic carbocycles. The average molecular weight is 426 g/mol. The first-order chi connectivity index (χ1) is 14.5. The van der Waals surface area contributed by atoms with Crippen molar-refractivity contribution >= 4 is 28.3 Å². The third kappa shape index (κ3) is 6.28. The van der Waals surface area contributed by atoms with Crippen LogP contribution in [-0.2, 0) is 17.6 Å². The number of thiazole rings is 1. The van der Waals surface area contributed by atoms with Gasteiger partial charge in [-0.1, -0.05) is 12.1 Å². The maximum absolute atomic E-state index is 12.1. The van der Waals surface area contributed by atoms with Crippen molar-refractivity contribution in [3.8, 4) is 5.75 Å². The standard InChI is InChI=1S/C21H22N4O4S/c1-29-17-4-2-3-14(11-17)9-10-22-18(26)8-6-16-13-30-21(24-16)25-20(28)15-5-7-19(27)23-12-15/h2-5,7,11-13H,6,8-10H2,1H3,(H,22,26)(H,23,27)(H,24,25,28). The molecule has 0 saturated heterocycles. The van der Waals surface area contributed by atoms with Gasteiger partial charge in [-0.2, -0.15) is 0 Å². The van der Waals surface area contributed by atoms with Crippen LogP contribution >= 0.6 is 11.3 Å². The van der Waals surface area contributed by atoms with Gasteiger partial charge in [-0.05, 0) is 36.6 Å². The highest BCUT2D eigenvalue weighted by Gasteiger charge is 2.10. The van der Waals surface area contributed by atoms with Crippen LogP contribution < -0.4 is 20.9 Å². The van der Waals surface area contributed by atoms with Gasteiger partial charge in [0, 0.05) is 30.6 Å². The van der Waals surface area contributed by atoms with Gasteiger partial charge in [0.25, 0.3) is 5.91 Å². The molecule has 2 aromatic heterocycles. The van der Waals surface area contributed by atoms with E-state index in [0.717, 1.165) is 23.4 Å². The first-order valence-electron chi connectivity index (χ1n) is 9.37. The van der Waals surface area contributed by atoms with Gasteiger partial charge >= 0.3 is 0 Å². The number of carbonyl (C=O) groups excluding carboxylic acids is 2. The number of hydrogen-bond donors (Lipinski definition) is 3. The van der Waals surface area contributed by atoms with Gasteiger partial charge in [0.15, 0.2) is 5.13 Å². The Kier molecular flexibility index (Phi) is 7.34. The molecule has 0 saturated carbocycles. The lowest BCUT2D eigenvalue weighted by atomic mass is 10.1. The predicted octanol–water partition coefficient (Wildman–Crippen LogP) is 2.38. The Labute approximate surface area is 177 Å². The molecule has 3 aromatic rings. The largest absolute Gasteiger partial charge is 0.497 e. The van der Waals surface area contributed by atoms with Gasteiger partial charge in [-0.25, -0.2) is 4.98 Å². The zero-order chi connectivity index (χ0) is 21.3. The number of H-pyrrole nitrogens is 1. The number of amides is 2. The first-order valence-corrected chi connectivity index (χ1v) is 10.3. The second-order valence-electron chi connectivity index (χ2n) is 6.49. The van der Waals surface area contributed by atoms with Crippen LogP contribution in [0.2, 0.25) is 0 Å². The number of pyridine rings is 1. The highest BCUT2D eigenvalue weighted by Crippen LogP contribution is 2.17. The van der Waals surface area contributed by atoms with Crippen LogP contribution in [0.3, 0.4) is 0 Å². The molecule has 0 aliphatic heterocycles. The lowest BCUT2D eigenvalue weighted by Crippen LogP contribution is -2.25. The fourth-order valence-corrected chi connectivity index (χ4v) is 3.44. The Morgan fingerprint density at radius 3 is 2.83 bits per heavy atom. The average Bonchev–Trinajstić information content (AvgIpc) is 3.20. The predicted molar refractivity (Wildman–Crippen MR) is 115 cm³/mol. The maximum Gasteiger partial charge on any atom is 0.258 e. The Morgan fingerprint density at radius 2 is 2.07 bits per heavy atom. The Morgan fingerprint density at radius 1 is 1.20 bits per heavy atom. The maximum atomic E-state index is 12.1. The molecule has 30 heavy (non-hydrogen) atoms. The molecule has 0 atom stereocenters. The van der Waals surface area contributed by atoms with Gasteiger partial charge < -0.3 is 15.0 Å². The minimum absolute atomic E-state index is 0.0512. The molecule has 0 unspecified atom stereocenters. The molecule has 2 heterocycles. The minimum Gasteiger partial charge on any atom is -0.497 e. The fourth-order valence-electron chi connectivity index (χ4n) is 2.70. The number of ether oxygens (including phenoxy) is 1. The molecule has 9 heteroatoms. The summed E-state index contributed by atoms with van der Waals surface area (Å²) in [4.78, 5) is 42.1. The second kappa shape index (κ2) is 10.4. The van der Waals surface area contributed by atoms with Gasteiger partial charge in [0.2, 0.25) is 11.5 Å². The van der Waals surface area contributed by atoms with E-state index in [9.17, 15) is 14.4 Å². The monoisotopic (exact) mass is 426 g/mol. The normalized spacial score (nSPS) is 10.4. The molecular weight excluding hydrogens is 404 g/mol. The molecule has 0 aliphatic rings. The number of aryl methyl sites for hydroxylation is 1. The fraction of sp³-hybridized carbons (Fsp3) is 0.238. The number of nitrogens with one attached hydrogen (secondary N) is 3. The molecule has 0 bridgehead atoms. The summed E-state index contributed by atoms with van der Waals surface area (Å²) < 4.78 is 5.19. The second-order valence-corrected chi connectivity index (χ2v) is 7.35. The van der Waals surface area contributed by atoms with Crippen LogP contribution in [0.15, 0.2) is 52.8 Å².